The van der Waals surface area contributed by atoms with E-state index in [-0.39, 0.29) is 0 Å². The lowest BCUT2D eigenvalue weighted by atomic mass is 9.97. The van der Waals surface area contributed by atoms with Crippen molar-refractivity contribution in [2.75, 3.05) is 0 Å². The monoisotopic (exact) mass is 198 g/mol. The summed E-state index contributed by atoms with van der Waals surface area (Å²) in [5.74, 6) is 0. The Hall–Kier alpha value is -1.63. The van der Waals surface area contributed by atoms with E-state index in [0.717, 1.165) is 36.7 Å². The van der Waals surface area contributed by atoms with Crippen LogP contribution in [0.5, 0.6) is 0 Å². The van der Waals surface area contributed by atoms with Gasteiger partial charge >= 0.3 is 0 Å². The van der Waals surface area contributed by atoms with E-state index in [2.05, 4.69) is 18.2 Å². The lowest BCUT2D eigenvalue weighted by Crippen LogP contribution is -1.95. The summed E-state index contributed by atoms with van der Waals surface area (Å²) in [6.45, 7) is 0. The Labute approximate surface area is 90.1 Å². The second kappa shape index (κ2) is 4.74. The smallest absolute Gasteiger partial charge is 0.150 e. The van der Waals surface area contributed by atoms with Gasteiger partial charge in [-0.2, -0.15) is 0 Å². The molecule has 0 heterocycles. The molecular weight excluding hydrogens is 184 g/mol. The number of benzene rings is 1. The Bertz CT molecular complexity index is 413. The van der Waals surface area contributed by atoms with Crippen molar-refractivity contribution in [2.45, 2.75) is 19.3 Å². The predicted octanol–water partition coefficient (Wildman–Crippen LogP) is 3.32. The highest BCUT2D eigenvalue weighted by atomic mass is 16.1. The maximum absolute atomic E-state index is 10.8. The largest absolute Gasteiger partial charge is 0.298 e. The number of carbonyl (C=O) groups is 1. The molecule has 0 unspecified atom stereocenters. The van der Waals surface area contributed by atoms with Gasteiger partial charge in [-0.25, -0.2) is 0 Å². The van der Waals surface area contributed by atoms with Gasteiger partial charge in [0, 0.05) is 5.56 Å². The fraction of sp³-hybridized carbons (Fsp3) is 0.214. The SMILES string of the molecule is O=Cc1ccccc1CC1=CCCC=C1. The summed E-state index contributed by atoms with van der Waals surface area (Å²) >= 11 is 0. The van der Waals surface area contributed by atoms with Crippen molar-refractivity contribution < 1.29 is 4.79 Å². The zero-order chi connectivity index (χ0) is 10.5. The Balaban J connectivity index is 2.20. The number of allylic oxidation sites excluding steroid dienone is 4. The summed E-state index contributed by atoms with van der Waals surface area (Å²) < 4.78 is 0. The molecule has 0 bridgehead atoms. The number of rotatable bonds is 3. The van der Waals surface area contributed by atoms with E-state index in [0.29, 0.717) is 0 Å². The van der Waals surface area contributed by atoms with E-state index >= 15 is 0 Å². The fourth-order valence-corrected chi connectivity index (χ4v) is 1.83. The molecule has 2 rings (SSSR count). The van der Waals surface area contributed by atoms with Gasteiger partial charge in [0.2, 0.25) is 0 Å². The minimum Gasteiger partial charge on any atom is -0.298 e. The Morgan fingerprint density at radius 3 is 2.80 bits per heavy atom. The van der Waals surface area contributed by atoms with Gasteiger partial charge < -0.3 is 0 Å². The molecule has 0 spiro atoms. The maximum Gasteiger partial charge on any atom is 0.150 e. The van der Waals surface area contributed by atoms with E-state index < -0.39 is 0 Å². The molecular formula is C14H14O. The quantitative estimate of drug-likeness (QED) is 0.681. The van der Waals surface area contributed by atoms with Gasteiger partial charge in [0.25, 0.3) is 0 Å². The summed E-state index contributed by atoms with van der Waals surface area (Å²) in [6.07, 6.45) is 10.7. The maximum atomic E-state index is 10.8. The van der Waals surface area contributed by atoms with Crippen LogP contribution in [0.3, 0.4) is 0 Å². The minimum absolute atomic E-state index is 0.803. The van der Waals surface area contributed by atoms with Crippen LogP contribution in [-0.4, -0.2) is 6.29 Å². The van der Waals surface area contributed by atoms with E-state index in [9.17, 15) is 4.79 Å². The molecule has 1 aromatic carbocycles. The average molecular weight is 198 g/mol. The number of aldehydes is 1. The molecule has 0 N–H and O–H groups in total. The van der Waals surface area contributed by atoms with Crippen LogP contribution in [0, 0.1) is 0 Å². The second-order valence-corrected chi connectivity index (χ2v) is 3.75. The minimum atomic E-state index is 0.803. The molecule has 1 aliphatic rings. The second-order valence-electron chi connectivity index (χ2n) is 3.75. The lowest BCUT2D eigenvalue weighted by molar-refractivity contribution is 0.112. The van der Waals surface area contributed by atoms with E-state index in [1.54, 1.807) is 0 Å². The first-order chi connectivity index (χ1) is 7.40. The van der Waals surface area contributed by atoms with E-state index in [1.807, 2.05) is 24.3 Å². The van der Waals surface area contributed by atoms with Gasteiger partial charge in [0.1, 0.15) is 6.29 Å². The summed E-state index contributed by atoms with van der Waals surface area (Å²) in [4.78, 5) is 10.8. The van der Waals surface area contributed by atoms with Crippen molar-refractivity contribution in [3.63, 3.8) is 0 Å². The highest BCUT2D eigenvalue weighted by molar-refractivity contribution is 5.77. The van der Waals surface area contributed by atoms with Crippen LogP contribution in [-0.2, 0) is 6.42 Å². The molecule has 0 atom stereocenters. The third-order valence-corrected chi connectivity index (χ3v) is 2.65. The van der Waals surface area contributed by atoms with Crippen molar-refractivity contribution in [3.8, 4) is 0 Å². The molecule has 1 aliphatic carbocycles. The summed E-state index contributed by atoms with van der Waals surface area (Å²) in [7, 11) is 0. The standard InChI is InChI=1S/C14H14O/c15-11-14-9-5-4-8-13(14)10-12-6-2-1-3-7-12/h2,4-9,11H,1,3,10H2. The first kappa shape index (κ1) is 9.91. The molecule has 1 nitrogen and oxygen atoms in total. The molecule has 0 saturated carbocycles. The first-order valence-corrected chi connectivity index (χ1v) is 5.29. The molecule has 15 heavy (non-hydrogen) atoms. The van der Waals surface area contributed by atoms with Crippen molar-refractivity contribution in [1.29, 1.82) is 0 Å². The van der Waals surface area contributed by atoms with E-state index in [4.69, 9.17) is 0 Å². The highest BCUT2D eigenvalue weighted by Crippen LogP contribution is 2.17. The predicted molar refractivity (Wildman–Crippen MR) is 62.0 cm³/mol. The number of carbonyl (C=O) groups excluding carboxylic acids is 1. The van der Waals surface area contributed by atoms with Crippen LogP contribution in [0.1, 0.15) is 28.8 Å². The lowest BCUT2D eigenvalue weighted by Gasteiger charge is -2.08. The molecule has 1 heteroatoms. The zero-order valence-corrected chi connectivity index (χ0v) is 8.65. The molecule has 0 aliphatic heterocycles. The van der Waals surface area contributed by atoms with Crippen LogP contribution in [0.25, 0.3) is 0 Å². The molecule has 0 aromatic heterocycles. The summed E-state index contributed by atoms with van der Waals surface area (Å²) in [5, 5.41) is 0. The van der Waals surface area contributed by atoms with Gasteiger partial charge in [-0.3, -0.25) is 4.79 Å². The van der Waals surface area contributed by atoms with Gasteiger partial charge in [-0.15, -0.1) is 0 Å². The van der Waals surface area contributed by atoms with Crippen molar-refractivity contribution in [2.24, 2.45) is 0 Å². The van der Waals surface area contributed by atoms with Crippen molar-refractivity contribution in [1.82, 2.24) is 0 Å². The van der Waals surface area contributed by atoms with Gasteiger partial charge in [-0.1, -0.05) is 42.5 Å². The third kappa shape index (κ3) is 2.44. The van der Waals surface area contributed by atoms with Gasteiger partial charge in [0.15, 0.2) is 0 Å². The first-order valence-electron chi connectivity index (χ1n) is 5.29. The van der Waals surface area contributed by atoms with Crippen LogP contribution in [0.15, 0.2) is 48.1 Å². The topological polar surface area (TPSA) is 17.1 Å². The van der Waals surface area contributed by atoms with E-state index in [1.165, 1.54) is 5.57 Å². The highest BCUT2D eigenvalue weighted by Gasteiger charge is 2.03. The Kier molecular flexibility index (Phi) is 3.13. The summed E-state index contributed by atoms with van der Waals surface area (Å²) in [6, 6.07) is 7.77. The average Bonchev–Trinajstić information content (AvgIpc) is 2.31. The molecule has 1 aromatic rings. The molecule has 0 amide bonds. The van der Waals surface area contributed by atoms with Crippen LogP contribution >= 0.6 is 0 Å². The molecule has 0 fully saturated rings. The zero-order valence-electron chi connectivity index (χ0n) is 8.65. The van der Waals surface area contributed by atoms with Gasteiger partial charge in [-0.05, 0) is 30.4 Å². The van der Waals surface area contributed by atoms with Gasteiger partial charge in [0.05, 0.1) is 0 Å². The van der Waals surface area contributed by atoms with Crippen molar-refractivity contribution in [3.05, 3.63) is 59.2 Å². The van der Waals surface area contributed by atoms with Crippen LogP contribution < -0.4 is 0 Å². The fourth-order valence-electron chi connectivity index (χ4n) is 1.83. The third-order valence-electron chi connectivity index (χ3n) is 2.65. The molecule has 0 radical (unpaired) electrons. The summed E-state index contributed by atoms with van der Waals surface area (Å²) in [5.41, 5.74) is 3.23. The van der Waals surface area contributed by atoms with Crippen molar-refractivity contribution >= 4 is 6.29 Å². The van der Waals surface area contributed by atoms with Crippen LogP contribution in [0.2, 0.25) is 0 Å². The Morgan fingerprint density at radius 1 is 1.20 bits per heavy atom. The van der Waals surface area contributed by atoms with Crippen LogP contribution in [0.4, 0.5) is 0 Å². The molecule has 0 saturated heterocycles. The number of hydrogen-bond donors (Lipinski definition) is 0. The molecule has 76 valence electrons. The Morgan fingerprint density at radius 2 is 2.07 bits per heavy atom. The number of hydrogen-bond acceptors (Lipinski definition) is 1. The normalized spacial score (nSPS) is 14.8.